The number of piperidine rings is 1. The Balaban J connectivity index is 1.49. The lowest BCUT2D eigenvalue weighted by molar-refractivity contribution is -0.129. The summed E-state index contributed by atoms with van der Waals surface area (Å²) in [4.78, 5) is 33.6. The topological polar surface area (TPSA) is 108 Å². The predicted molar refractivity (Wildman–Crippen MR) is 146 cm³/mol. The van der Waals surface area contributed by atoms with Gasteiger partial charge in [-0.15, -0.1) is 0 Å². The number of anilines is 2. The van der Waals surface area contributed by atoms with Gasteiger partial charge in [0.2, 0.25) is 11.9 Å². The Bertz CT molecular complexity index is 1490. The molecule has 0 bridgehead atoms. The second-order valence-electron chi connectivity index (χ2n) is 10.1. The minimum absolute atomic E-state index is 0.0781. The van der Waals surface area contributed by atoms with Gasteiger partial charge < -0.3 is 19.8 Å². The van der Waals surface area contributed by atoms with Gasteiger partial charge >= 0.3 is 0 Å². The molecule has 3 aromatic heterocycles. The van der Waals surface area contributed by atoms with Crippen LogP contribution in [0.1, 0.15) is 19.8 Å². The van der Waals surface area contributed by atoms with Gasteiger partial charge in [-0.1, -0.05) is 18.2 Å². The van der Waals surface area contributed by atoms with Crippen molar-refractivity contribution in [3.05, 3.63) is 36.5 Å². The Morgan fingerprint density at radius 1 is 0.974 bits per heavy atom. The van der Waals surface area contributed by atoms with E-state index in [-0.39, 0.29) is 18.6 Å². The van der Waals surface area contributed by atoms with Crippen LogP contribution in [0.15, 0.2) is 36.5 Å². The van der Waals surface area contributed by atoms with Gasteiger partial charge in [-0.05, 0) is 31.9 Å². The van der Waals surface area contributed by atoms with Gasteiger partial charge in [0.15, 0.2) is 22.8 Å². The van der Waals surface area contributed by atoms with Crippen LogP contribution in [-0.4, -0.2) is 91.1 Å². The smallest absolute Gasteiger partial charge is 0.242 e. The second kappa shape index (κ2) is 9.71. The third-order valence-corrected chi connectivity index (χ3v) is 7.51. The number of aliphatic hydroxyl groups excluding tert-OH is 1. The summed E-state index contributed by atoms with van der Waals surface area (Å²) >= 11 is 0. The van der Waals surface area contributed by atoms with Gasteiger partial charge in [-0.3, -0.25) is 14.0 Å². The molecule has 1 amide bonds. The Morgan fingerprint density at radius 2 is 1.76 bits per heavy atom. The number of nitrogens with zero attached hydrogens (tertiary/aromatic N) is 9. The lowest BCUT2D eigenvalue weighted by Gasteiger charge is -2.32. The number of benzene rings is 1. The molecule has 1 aromatic carbocycles. The van der Waals surface area contributed by atoms with Crippen LogP contribution < -0.4 is 9.80 Å². The number of aromatic nitrogens is 6. The number of piperazine rings is 1. The van der Waals surface area contributed by atoms with Crippen molar-refractivity contribution >= 4 is 28.8 Å². The van der Waals surface area contributed by atoms with Gasteiger partial charge in [0.25, 0.3) is 0 Å². The molecule has 1 N–H and O–H groups in total. The molecule has 11 nitrogen and oxygen atoms in total. The van der Waals surface area contributed by atoms with E-state index in [1.165, 1.54) is 0 Å². The molecule has 2 aliphatic heterocycles. The molecule has 2 fully saturated rings. The van der Waals surface area contributed by atoms with E-state index in [9.17, 15) is 9.90 Å². The number of imidazole rings is 1. The van der Waals surface area contributed by atoms with Crippen molar-refractivity contribution in [2.45, 2.75) is 32.4 Å². The van der Waals surface area contributed by atoms with Crippen molar-refractivity contribution in [1.29, 1.82) is 0 Å². The molecule has 11 heteroatoms. The highest BCUT2D eigenvalue weighted by molar-refractivity contribution is 5.89. The van der Waals surface area contributed by atoms with E-state index in [1.54, 1.807) is 9.58 Å². The number of hydrogen-bond acceptors (Lipinski definition) is 8. The van der Waals surface area contributed by atoms with Crippen LogP contribution in [0.5, 0.6) is 0 Å². The third kappa shape index (κ3) is 4.36. The van der Waals surface area contributed by atoms with Crippen LogP contribution in [0.4, 0.5) is 11.8 Å². The number of amides is 1. The molecule has 2 saturated heterocycles. The Labute approximate surface area is 221 Å². The average molecular weight is 516 g/mol. The standard InChI is InChI=1S/C27H33N9O2/c1-4-36-26-23(28-27(36)35-15-14-32(2)22(38)17-35)25(34-12-8-20(37)9-13-34)29-24(30-26)19-7-5-6-18(16-19)21-10-11-33(3)31-21/h5-7,10-11,16,20,37H,4,8-9,12-15,17H2,1-3H3. The van der Waals surface area contributed by atoms with E-state index < -0.39 is 0 Å². The third-order valence-electron chi connectivity index (χ3n) is 7.51. The maximum Gasteiger partial charge on any atom is 0.242 e. The van der Waals surface area contributed by atoms with Crippen molar-refractivity contribution in [3.8, 4) is 22.6 Å². The van der Waals surface area contributed by atoms with E-state index >= 15 is 0 Å². The van der Waals surface area contributed by atoms with E-state index in [1.807, 2.05) is 49.5 Å². The van der Waals surface area contributed by atoms with Crippen molar-refractivity contribution in [2.75, 3.05) is 49.6 Å². The van der Waals surface area contributed by atoms with E-state index in [0.29, 0.717) is 51.4 Å². The summed E-state index contributed by atoms with van der Waals surface area (Å²) in [6.07, 6.45) is 3.00. The van der Waals surface area contributed by atoms with E-state index in [4.69, 9.17) is 15.0 Å². The molecule has 0 radical (unpaired) electrons. The molecule has 0 atom stereocenters. The molecular weight excluding hydrogens is 482 g/mol. The SMILES string of the molecule is CCn1c(N2CCN(C)C(=O)C2)nc2c(N3CCC(O)CC3)nc(-c3cccc(-c4ccn(C)n4)c3)nc21. The fraction of sp³-hybridized carbons (Fsp3) is 0.444. The normalized spacial score (nSPS) is 17.2. The van der Waals surface area contributed by atoms with Crippen molar-refractivity contribution in [1.82, 2.24) is 34.2 Å². The molecule has 0 saturated carbocycles. The Morgan fingerprint density at radius 3 is 2.47 bits per heavy atom. The molecule has 0 unspecified atom stereocenters. The summed E-state index contributed by atoms with van der Waals surface area (Å²) in [5.74, 6) is 2.21. The average Bonchev–Trinajstić information content (AvgIpc) is 3.53. The molecule has 6 rings (SSSR count). The zero-order valence-electron chi connectivity index (χ0n) is 22.1. The minimum atomic E-state index is -0.293. The first-order valence-corrected chi connectivity index (χ1v) is 13.2. The van der Waals surface area contributed by atoms with Crippen molar-refractivity contribution < 1.29 is 9.90 Å². The van der Waals surface area contributed by atoms with Gasteiger partial charge in [0, 0.05) is 64.1 Å². The van der Waals surface area contributed by atoms with Crippen LogP contribution in [-0.2, 0) is 18.4 Å². The molecule has 198 valence electrons. The molecule has 2 aliphatic rings. The highest BCUT2D eigenvalue weighted by atomic mass is 16.3. The van der Waals surface area contributed by atoms with Crippen LogP contribution in [0, 0.1) is 0 Å². The largest absolute Gasteiger partial charge is 0.393 e. The number of aryl methyl sites for hydroxylation is 2. The first-order chi connectivity index (χ1) is 18.4. The second-order valence-corrected chi connectivity index (χ2v) is 10.1. The van der Waals surface area contributed by atoms with Gasteiger partial charge in [-0.2, -0.15) is 5.10 Å². The fourth-order valence-corrected chi connectivity index (χ4v) is 5.25. The van der Waals surface area contributed by atoms with Gasteiger partial charge in [0.1, 0.15) is 0 Å². The fourth-order valence-electron chi connectivity index (χ4n) is 5.25. The van der Waals surface area contributed by atoms with Crippen molar-refractivity contribution in [3.63, 3.8) is 0 Å². The maximum atomic E-state index is 12.5. The number of rotatable bonds is 5. The molecular formula is C27H33N9O2. The Hall–Kier alpha value is -3.99. The van der Waals surface area contributed by atoms with Crippen molar-refractivity contribution in [2.24, 2.45) is 7.05 Å². The monoisotopic (exact) mass is 515 g/mol. The number of likely N-dealkylation sites (N-methyl/N-ethyl adjacent to an activating group) is 1. The van der Waals surface area contributed by atoms with Crippen LogP contribution >= 0.6 is 0 Å². The number of hydrogen-bond donors (Lipinski definition) is 1. The highest BCUT2D eigenvalue weighted by Crippen LogP contribution is 2.33. The summed E-state index contributed by atoms with van der Waals surface area (Å²) < 4.78 is 3.88. The Kier molecular flexibility index (Phi) is 6.22. The van der Waals surface area contributed by atoms with Crippen LogP contribution in [0.2, 0.25) is 0 Å². The minimum Gasteiger partial charge on any atom is -0.393 e. The molecule has 5 heterocycles. The predicted octanol–water partition coefficient (Wildman–Crippen LogP) is 2.15. The number of carbonyl (C=O) groups is 1. The van der Waals surface area contributed by atoms with Crippen LogP contribution in [0.3, 0.4) is 0 Å². The van der Waals surface area contributed by atoms with E-state index in [0.717, 1.165) is 39.8 Å². The van der Waals surface area contributed by atoms with Gasteiger partial charge in [0.05, 0.1) is 18.3 Å². The lowest BCUT2D eigenvalue weighted by atomic mass is 10.1. The molecule has 0 spiro atoms. The summed E-state index contributed by atoms with van der Waals surface area (Å²) in [7, 11) is 3.74. The number of fused-ring (bicyclic) bond motifs is 1. The summed E-state index contributed by atoms with van der Waals surface area (Å²) in [5, 5.41) is 14.7. The highest BCUT2D eigenvalue weighted by Gasteiger charge is 2.29. The number of carbonyl (C=O) groups excluding carboxylic acids is 1. The first kappa shape index (κ1) is 24.4. The number of aliphatic hydroxyl groups is 1. The summed E-state index contributed by atoms with van der Waals surface area (Å²) in [5.41, 5.74) is 4.27. The first-order valence-electron chi connectivity index (χ1n) is 13.2. The van der Waals surface area contributed by atoms with Gasteiger partial charge in [-0.25, -0.2) is 15.0 Å². The zero-order valence-corrected chi connectivity index (χ0v) is 22.1. The molecule has 4 aromatic rings. The van der Waals surface area contributed by atoms with E-state index in [2.05, 4.69) is 27.6 Å². The molecule has 0 aliphatic carbocycles. The lowest BCUT2D eigenvalue weighted by Crippen LogP contribution is -2.49. The quantitative estimate of drug-likeness (QED) is 0.431. The van der Waals surface area contributed by atoms with Crippen LogP contribution in [0.25, 0.3) is 33.8 Å². The zero-order chi connectivity index (χ0) is 26.4. The summed E-state index contributed by atoms with van der Waals surface area (Å²) in [6.45, 7) is 5.78. The molecule has 38 heavy (non-hydrogen) atoms. The maximum absolute atomic E-state index is 12.5. The summed E-state index contributed by atoms with van der Waals surface area (Å²) in [6, 6.07) is 10.1.